The summed E-state index contributed by atoms with van der Waals surface area (Å²) in [7, 11) is 0. The van der Waals surface area contributed by atoms with Gasteiger partial charge in [0.1, 0.15) is 5.15 Å². The molecule has 0 spiro atoms. The number of nitrogens with zero attached hydrogens (tertiary/aromatic N) is 2. The van der Waals surface area contributed by atoms with Crippen molar-refractivity contribution in [3.05, 3.63) is 45.2 Å². The molecule has 2 aromatic rings. The topological polar surface area (TPSA) is 38.0 Å². The van der Waals surface area contributed by atoms with Crippen molar-refractivity contribution in [2.24, 2.45) is 0 Å². The third-order valence-electron chi connectivity index (χ3n) is 3.92. The molecule has 1 fully saturated rings. The summed E-state index contributed by atoms with van der Waals surface area (Å²) >= 11 is 6.46. The van der Waals surface area contributed by atoms with Crippen LogP contribution >= 0.6 is 11.6 Å². The Morgan fingerprint density at radius 1 is 1.25 bits per heavy atom. The monoisotopic (exact) mass is 290 g/mol. The summed E-state index contributed by atoms with van der Waals surface area (Å²) in [5.74, 6) is 0.474. The summed E-state index contributed by atoms with van der Waals surface area (Å²) in [5, 5.41) is 14.8. The predicted molar refractivity (Wildman–Crippen MR) is 80.7 cm³/mol. The van der Waals surface area contributed by atoms with E-state index < -0.39 is 0 Å². The van der Waals surface area contributed by atoms with Crippen molar-refractivity contribution in [2.75, 3.05) is 0 Å². The fraction of sp³-hybridized carbons (Fsp3) is 0.438. The average molecular weight is 291 g/mol. The molecule has 0 amide bonds. The van der Waals surface area contributed by atoms with Gasteiger partial charge in [0.15, 0.2) is 0 Å². The van der Waals surface area contributed by atoms with Gasteiger partial charge < -0.3 is 5.11 Å². The Bertz CT molecular complexity index is 648. The van der Waals surface area contributed by atoms with Crippen LogP contribution in [0, 0.1) is 20.8 Å². The van der Waals surface area contributed by atoms with Crippen LogP contribution in [0.4, 0.5) is 0 Å². The highest BCUT2D eigenvalue weighted by Gasteiger charge is 2.31. The third-order valence-corrected chi connectivity index (χ3v) is 4.31. The summed E-state index contributed by atoms with van der Waals surface area (Å²) in [6.07, 6.45) is 2.29. The molecule has 0 radical (unpaired) electrons. The molecule has 1 aliphatic carbocycles. The van der Waals surface area contributed by atoms with Gasteiger partial charge in [0, 0.05) is 11.5 Å². The van der Waals surface area contributed by atoms with E-state index in [2.05, 4.69) is 38.0 Å². The zero-order valence-electron chi connectivity index (χ0n) is 12.1. The highest BCUT2D eigenvalue weighted by Crippen LogP contribution is 2.43. The molecule has 0 saturated heterocycles. The second kappa shape index (κ2) is 4.90. The summed E-state index contributed by atoms with van der Waals surface area (Å²) < 4.78 is 1.80. The lowest BCUT2D eigenvalue weighted by Crippen LogP contribution is -2.03. The average Bonchev–Trinajstić information content (AvgIpc) is 3.15. The van der Waals surface area contributed by atoms with Crippen molar-refractivity contribution in [1.29, 1.82) is 0 Å². The molecular weight excluding hydrogens is 272 g/mol. The first-order valence-electron chi connectivity index (χ1n) is 6.99. The molecule has 0 unspecified atom stereocenters. The van der Waals surface area contributed by atoms with E-state index >= 15 is 0 Å². The Labute approximate surface area is 124 Å². The molecule has 3 nitrogen and oxygen atoms in total. The van der Waals surface area contributed by atoms with E-state index in [1.807, 2.05) is 0 Å². The molecule has 4 heteroatoms. The van der Waals surface area contributed by atoms with Gasteiger partial charge in [0.05, 0.1) is 18.0 Å². The number of benzene rings is 1. The van der Waals surface area contributed by atoms with Crippen LogP contribution in [0.3, 0.4) is 0 Å². The van der Waals surface area contributed by atoms with Crippen LogP contribution in [0.15, 0.2) is 12.1 Å². The molecule has 1 heterocycles. The van der Waals surface area contributed by atoms with Gasteiger partial charge in [-0.3, -0.25) is 0 Å². The maximum absolute atomic E-state index is 9.58. The molecule has 0 aliphatic heterocycles. The standard InChI is InChI=1S/C16H19ClN2O/c1-9-6-10(2)15(11(3)7-9)19-16(17)13(8-20)14(18-19)12-4-5-12/h6-7,12,20H,4-5,8H2,1-3H3. The lowest BCUT2D eigenvalue weighted by molar-refractivity contribution is 0.280. The first kappa shape index (κ1) is 13.7. The number of halogens is 1. The van der Waals surface area contributed by atoms with Gasteiger partial charge in [-0.1, -0.05) is 29.3 Å². The normalized spacial score (nSPS) is 14.8. The molecule has 1 N–H and O–H groups in total. The Morgan fingerprint density at radius 3 is 2.35 bits per heavy atom. The van der Waals surface area contributed by atoms with Gasteiger partial charge in [-0.2, -0.15) is 5.10 Å². The molecule has 1 saturated carbocycles. The third kappa shape index (κ3) is 2.15. The number of aliphatic hydroxyl groups excluding tert-OH is 1. The minimum absolute atomic E-state index is 0.0470. The van der Waals surface area contributed by atoms with Crippen LogP contribution in [0.25, 0.3) is 5.69 Å². The van der Waals surface area contributed by atoms with E-state index in [-0.39, 0.29) is 6.61 Å². The number of aromatic nitrogens is 2. The van der Waals surface area contributed by atoms with Crippen LogP contribution in [0.5, 0.6) is 0 Å². The highest BCUT2D eigenvalue weighted by molar-refractivity contribution is 6.30. The minimum atomic E-state index is -0.0470. The van der Waals surface area contributed by atoms with Crippen molar-refractivity contribution in [3.8, 4) is 5.69 Å². The summed E-state index contributed by atoms with van der Waals surface area (Å²) in [5.41, 5.74) is 6.32. The van der Waals surface area contributed by atoms with E-state index in [0.29, 0.717) is 11.1 Å². The Hall–Kier alpha value is -1.32. The largest absolute Gasteiger partial charge is 0.391 e. The lowest BCUT2D eigenvalue weighted by Gasteiger charge is -2.12. The molecule has 106 valence electrons. The van der Waals surface area contributed by atoms with Gasteiger partial charge in [-0.25, -0.2) is 4.68 Å². The molecular formula is C16H19ClN2O. The molecule has 0 bridgehead atoms. The molecule has 20 heavy (non-hydrogen) atoms. The molecule has 0 atom stereocenters. The maximum atomic E-state index is 9.58. The molecule has 3 rings (SSSR count). The van der Waals surface area contributed by atoms with Gasteiger partial charge in [0.2, 0.25) is 0 Å². The first-order valence-corrected chi connectivity index (χ1v) is 7.37. The van der Waals surface area contributed by atoms with Crippen LogP contribution in [0.1, 0.15) is 46.7 Å². The van der Waals surface area contributed by atoms with Crippen molar-refractivity contribution in [1.82, 2.24) is 9.78 Å². The van der Waals surface area contributed by atoms with Crippen molar-refractivity contribution in [2.45, 2.75) is 46.1 Å². The zero-order valence-corrected chi connectivity index (χ0v) is 12.8. The van der Waals surface area contributed by atoms with Gasteiger partial charge >= 0.3 is 0 Å². The maximum Gasteiger partial charge on any atom is 0.138 e. The molecule has 1 aromatic heterocycles. The molecule has 1 aliphatic rings. The fourth-order valence-electron chi connectivity index (χ4n) is 2.93. The van der Waals surface area contributed by atoms with Crippen molar-refractivity contribution in [3.63, 3.8) is 0 Å². The number of rotatable bonds is 3. The quantitative estimate of drug-likeness (QED) is 0.933. The van der Waals surface area contributed by atoms with E-state index in [0.717, 1.165) is 40.9 Å². The van der Waals surface area contributed by atoms with Crippen LogP contribution in [-0.2, 0) is 6.61 Å². The second-order valence-corrected chi connectivity index (χ2v) is 6.10. The Kier molecular flexibility index (Phi) is 3.35. The Morgan fingerprint density at radius 2 is 1.85 bits per heavy atom. The van der Waals surface area contributed by atoms with Gasteiger partial charge in [-0.15, -0.1) is 0 Å². The van der Waals surface area contributed by atoms with E-state index in [1.54, 1.807) is 4.68 Å². The summed E-state index contributed by atoms with van der Waals surface area (Å²) in [6, 6.07) is 4.27. The minimum Gasteiger partial charge on any atom is -0.391 e. The lowest BCUT2D eigenvalue weighted by atomic mass is 10.1. The van der Waals surface area contributed by atoms with Gasteiger partial charge in [0.25, 0.3) is 0 Å². The number of hydrogen-bond donors (Lipinski definition) is 1. The zero-order chi connectivity index (χ0) is 14.4. The van der Waals surface area contributed by atoms with Crippen LogP contribution in [0.2, 0.25) is 5.15 Å². The summed E-state index contributed by atoms with van der Waals surface area (Å²) in [6.45, 7) is 6.18. The van der Waals surface area contributed by atoms with Crippen molar-refractivity contribution < 1.29 is 5.11 Å². The SMILES string of the molecule is Cc1cc(C)c(-n2nc(C3CC3)c(CO)c2Cl)c(C)c1. The first-order chi connectivity index (χ1) is 9.52. The van der Waals surface area contributed by atoms with E-state index in [1.165, 1.54) is 5.56 Å². The second-order valence-electron chi connectivity index (χ2n) is 5.75. The van der Waals surface area contributed by atoms with E-state index in [9.17, 15) is 5.11 Å². The summed E-state index contributed by atoms with van der Waals surface area (Å²) in [4.78, 5) is 0. The highest BCUT2D eigenvalue weighted by atomic mass is 35.5. The predicted octanol–water partition coefficient (Wildman–Crippen LogP) is 3.82. The van der Waals surface area contributed by atoms with E-state index in [4.69, 9.17) is 11.6 Å². The van der Waals surface area contributed by atoms with Crippen LogP contribution in [-0.4, -0.2) is 14.9 Å². The number of aryl methyl sites for hydroxylation is 3. The number of hydrogen-bond acceptors (Lipinski definition) is 2. The smallest absolute Gasteiger partial charge is 0.138 e. The molecule has 1 aromatic carbocycles. The van der Waals surface area contributed by atoms with Crippen LogP contribution < -0.4 is 0 Å². The number of aliphatic hydroxyl groups is 1. The van der Waals surface area contributed by atoms with Gasteiger partial charge in [-0.05, 0) is 44.7 Å². The van der Waals surface area contributed by atoms with Crippen molar-refractivity contribution >= 4 is 11.6 Å². The fourth-order valence-corrected chi connectivity index (χ4v) is 3.21. The Balaban J connectivity index is 2.20.